The van der Waals surface area contributed by atoms with Gasteiger partial charge in [-0.1, -0.05) is 25.4 Å². The van der Waals surface area contributed by atoms with Crippen LogP contribution in [0.3, 0.4) is 0 Å². The number of amides is 1. The van der Waals surface area contributed by atoms with Crippen molar-refractivity contribution in [1.82, 2.24) is 26.1 Å². The van der Waals surface area contributed by atoms with Crippen molar-refractivity contribution < 1.29 is 9.32 Å². The van der Waals surface area contributed by atoms with Gasteiger partial charge >= 0.3 is 0 Å². The lowest BCUT2D eigenvalue weighted by Gasteiger charge is -2.30. The van der Waals surface area contributed by atoms with Crippen molar-refractivity contribution >= 4 is 35.8 Å². The quantitative estimate of drug-likeness (QED) is 0.299. The van der Waals surface area contributed by atoms with Crippen molar-refractivity contribution in [2.75, 3.05) is 13.6 Å². The molecule has 8 nitrogen and oxygen atoms in total. The number of rotatable bonds is 7. The molecule has 2 atom stereocenters. The van der Waals surface area contributed by atoms with Crippen LogP contribution in [0.15, 0.2) is 9.52 Å². The normalized spacial score (nSPS) is 20.0. The Morgan fingerprint density at radius 2 is 2.04 bits per heavy atom. The lowest BCUT2D eigenvalue weighted by atomic mass is 9.85. The first-order chi connectivity index (χ1) is 12.9. The fraction of sp³-hybridized carbons (Fsp3) is 0.789. The van der Waals surface area contributed by atoms with Crippen molar-refractivity contribution in [1.29, 1.82) is 0 Å². The largest absolute Gasteiger partial charge is 0.356 e. The molecule has 28 heavy (non-hydrogen) atoms. The molecule has 0 aromatic carbocycles. The molecule has 0 radical (unpaired) electrons. The Morgan fingerprint density at radius 1 is 1.29 bits per heavy atom. The number of hydrogen-bond donors (Lipinski definition) is 3. The van der Waals surface area contributed by atoms with E-state index in [1.807, 2.05) is 27.7 Å². The monoisotopic (exact) mass is 506 g/mol. The Kier molecular flexibility index (Phi) is 10.8. The van der Waals surface area contributed by atoms with Crippen LogP contribution in [0, 0.1) is 5.92 Å². The van der Waals surface area contributed by atoms with Crippen LogP contribution in [0.1, 0.15) is 71.0 Å². The van der Waals surface area contributed by atoms with Crippen LogP contribution in [-0.4, -0.2) is 47.7 Å². The molecule has 1 amide bonds. The molecule has 1 saturated carbocycles. The van der Waals surface area contributed by atoms with Crippen molar-refractivity contribution in [3.63, 3.8) is 0 Å². The highest BCUT2D eigenvalue weighted by Crippen LogP contribution is 2.24. The van der Waals surface area contributed by atoms with Gasteiger partial charge in [0, 0.05) is 43.9 Å². The Morgan fingerprint density at radius 3 is 2.64 bits per heavy atom. The van der Waals surface area contributed by atoms with Gasteiger partial charge in [0.05, 0.1) is 0 Å². The molecular formula is C19H35IN6O2. The first kappa shape index (κ1) is 24.6. The molecule has 1 aromatic rings. The van der Waals surface area contributed by atoms with Crippen molar-refractivity contribution in [2.45, 2.75) is 77.8 Å². The van der Waals surface area contributed by atoms with Crippen LogP contribution in [0.4, 0.5) is 0 Å². The maximum atomic E-state index is 12.3. The number of halogens is 1. The van der Waals surface area contributed by atoms with E-state index >= 15 is 0 Å². The molecule has 1 fully saturated rings. The summed E-state index contributed by atoms with van der Waals surface area (Å²) in [6.45, 7) is 8.73. The van der Waals surface area contributed by atoms with Gasteiger partial charge in [-0.3, -0.25) is 9.79 Å². The minimum Gasteiger partial charge on any atom is -0.356 e. The number of nitrogens with zero attached hydrogens (tertiary/aromatic N) is 3. The molecule has 160 valence electrons. The zero-order valence-electron chi connectivity index (χ0n) is 17.6. The average molecular weight is 506 g/mol. The van der Waals surface area contributed by atoms with Gasteiger partial charge < -0.3 is 20.5 Å². The topological polar surface area (TPSA) is 104 Å². The number of nitrogens with one attached hydrogen (secondary N) is 3. The lowest BCUT2D eigenvalue weighted by molar-refractivity contribution is -0.126. The Bertz CT molecular complexity index is 632. The zero-order chi connectivity index (χ0) is 19.8. The molecule has 1 heterocycles. The molecule has 0 bridgehead atoms. The fourth-order valence-corrected chi connectivity index (χ4v) is 3.24. The van der Waals surface area contributed by atoms with Crippen molar-refractivity contribution in [3.05, 3.63) is 11.7 Å². The number of carbonyl (C=O) groups is 1. The van der Waals surface area contributed by atoms with Crippen molar-refractivity contribution in [3.8, 4) is 0 Å². The number of guanidine groups is 1. The van der Waals surface area contributed by atoms with Gasteiger partial charge in [0.1, 0.15) is 0 Å². The summed E-state index contributed by atoms with van der Waals surface area (Å²) in [5, 5.41) is 13.7. The summed E-state index contributed by atoms with van der Waals surface area (Å²) >= 11 is 0. The van der Waals surface area contributed by atoms with Gasteiger partial charge in [-0.25, -0.2) is 0 Å². The van der Waals surface area contributed by atoms with E-state index in [2.05, 4.69) is 31.1 Å². The Balaban J connectivity index is 0.00000392. The third-order valence-electron chi connectivity index (χ3n) is 4.67. The first-order valence-electron chi connectivity index (χ1n) is 9.99. The summed E-state index contributed by atoms with van der Waals surface area (Å²) in [5.41, 5.74) is 0. The molecule has 1 aromatic heterocycles. The number of carbonyl (C=O) groups excluding carboxylic acids is 1. The van der Waals surface area contributed by atoms with E-state index in [-0.39, 0.29) is 53.8 Å². The molecular weight excluding hydrogens is 471 g/mol. The predicted molar refractivity (Wildman–Crippen MR) is 121 cm³/mol. The van der Waals surface area contributed by atoms with Gasteiger partial charge in [-0.2, -0.15) is 4.98 Å². The van der Waals surface area contributed by atoms with Crippen LogP contribution >= 0.6 is 24.0 Å². The minimum atomic E-state index is 0. The average Bonchev–Trinajstić information content (AvgIpc) is 3.10. The number of aliphatic imine (C=N–C) groups is 1. The summed E-state index contributed by atoms with van der Waals surface area (Å²) in [6.07, 6.45) is 4.53. The summed E-state index contributed by atoms with van der Waals surface area (Å²) in [7, 11) is 1.75. The van der Waals surface area contributed by atoms with E-state index in [1.165, 1.54) is 0 Å². The van der Waals surface area contributed by atoms with Gasteiger partial charge in [-0.15, -0.1) is 24.0 Å². The van der Waals surface area contributed by atoms with Gasteiger partial charge in [0.15, 0.2) is 11.8 Å². The fourth-order valence-electron chi connectivity index (χ4n) is 3.24. The highest BCUT2D eigenvalue weighted by molar-refractivity contribution is 14.0. The Hall–Kier alpha value is -1.39. The van der Waals surface area contributed by atoms with E-state index in [0.717, 1.165) is 37.5 Å². The smallest absolute Gasteiger partial charge is 0.228 e. The second kappa shape index (κ2) is 12.2. The van der Waals surface area contributed by atoms with E-state index in [9.17, 15) is 4.79 Å². The molecule has 0 spiro atoms. The molecule has 0 aliphatic heterocycles. The SMILES string of the molecule is CN=C(NCCc1nc(C(C)C)no1)NC1CCCC(C(=O)NC(C)C)C1.I. The van der Waals surface area contributed by atoms with Crippen LogP contribution < -0.4 is 16.0 Å². The third kappa shape index (κ3) is 7.92. The molecule has 1 aliphatic carbocycles. The van der Waals surface area contributed by atoms with E-state index in [4.69, 9.17) is 4.52 Å². The summed E-state index contributed by atoms with van der Waals surface area (Å²) in [4.78, 5) is 21.0. The molecule has 2 rings (SSSR count). The second-order valence-electron chi connectivity index (χ2n) is 7.82. The second-order valence-corrected chi connectivity index (χ2v) is 7.82. The van der Waals surface area contributed by atoms with Crippen LogP contribution in [-0.2, 0) is 11.2 Å². The van der Waals surface area contributed by atoms with E-state index < -0.39 is 0 Å². The predicted octanol–water partition coefficient (Wildman–Crippen LogP) is 2.60. The first-order valence-corrected chi connectivity index (χ1v) is 9.99. The number of hydrogen-bond acceptors (Lipinski definition) is 5. The van der Waals surface area contributed by atoms with Crippen LogP contribution in [0.2, 0.25) is 0 Å². The van der Waals surface area contributed by atoms with Gasteiger partial charge in [0.25, 0.3) is 0 Å². The third-order valence-corrected chi connectivity index (χ3v) is 4.67. The molecule has 0 saturated heterocycles. The molecule has 1 aliphatic rings. The summed E-state index contributed by atoms with van der Waals surface area (Å²) < 4.78 is 5.26. The zero-order valence-corrected chi connectivity index (χ0v) is 19.9. The number of aromatic nitrogens is 2. The van der Waals surface area contributed by atoms with Crippen LogP contribution in [0.5, 0.6) is 0 Å². The highest BCUT2D eigenvalue weighted by atomic mass is 127. The van der Waals surface area contributed by atoms with Gasteiger partial charge in [-0.05, 0) is 33.1 Å². The Labute approximate surface area is 185 Å². The lowest BCUT2D eigenvalue weighted by Crippen LogP contribution is -2.47. The maximum absolute atomic E-state index is 12.3. The minimum absolute atomic E-state index is 0. The highest BCUT2D eigenvalue weighted by Gasteiger charge is 2.28. The summed E-state index contributed by atoms with van der Waals surface area (Å²) in [5.74, 6) is 2.61. The molecule has 2 unspecified atom stereocenters. The maximum Gasteiger partial charge on any atom is 0.228 e. The van der Waals surface area contributed by atoms with E-state index in [1.54, 1.807) is 7.05 Å². The summed E-state index contributed by atoms with van der Waals surface area (Å²) in [6, 6.07) is 0.435. The molecule has 9 heteroatoms. The van der Waals surface area contributed by atoms with E-state index in [0.29, 0.717) is 18.9 Å². The van der Waals surface area contributed by atoms with Crippen molar-refractivity contribution in [2.24, 2.45) is 10.9 Å². The van der Waals surface area contributed by atoms with Gasteiger partial charge in [0.2, 0.25) is 11.8 Å². The standard InChI is InChI=1S/C19H34N6O2.HI/c1-12(2)17-24-16(27-25-17)9-10-21-19(20-5)23-15-8-6-7-14(11-15)18(26)22-13(3)4;/h12-15H,6-11H2,1-5H3,(H,22,26)(H2,20,21,23);1H. The van der Waals surface area contributed by atoms with Crippen LogP contribution in [0.25, 0.3) is 0 Å². The molecule has 3 N–H and O–H groups in total.